The molecule has 1 aliphatic rings. The maximum Gasteiger partial charge on any atom is 0.248 e. The van der Waals surface area contributed by atoms with E-state index in [-0.39, 0.29) is 17.2 Å². The molecule has 0 bridgehead atoms. The molecule has 172 valence electrons. The minimum atomic E-state index is -3.72. The highest BCUT2D eigenvalue weighted by Gasteiger charge is 2.32. The number of benzene rings is 1. The summed E-state index contributed by atoms with van der Waals surface area (Å²) in [5, 5.41) is 16.6. The summed E-state index contributed by atoms with van der Waals surface area (Å²) in [6, 6.07) is 9.91. The zero-order valence-corrected chi connectivity index (χ0v) is 19.0. The van der Waals surface area contributed by atoms with Gasteiger partial charge in [0.1, 0.15) is 22.2 Å². The van der Waals surface area contributed by atoms with Crippen molar-refractivity contribution in [2.24, 2.45) is 0 Å². The lowest BCUT2D eigenvalue weighted by molar-refractivity contribution is 0.389. The monoisotopic (exact) mass is 471 g/mol. The average Bonchev–Trinajstić information content (AvgIpc) is 3.26. The molecule has 33 heavy (non-hydrogen) atoms. The van der Waals surface area contributed by atoms with Gasteiger partial charge in [0.15, 0.2) is 17.2 Å². The molecule has 0 spiro atoms. The van der Waals surface area contributed by atoms with Gasteiger partial charge < -0.3 is 9.42 Å². The highest BCUT2D eigenvalue weighted by atomic mass is 32.2. The normalized spacial score (nSPS) is 15.8. The second-order valence-corrected chi connectivity index (χ2v) is 9.74. The fourth-order valence-electron chi connectivity index (χ4n) is 4.09. The molecule has 10 nitrogen and oxygen atoms in total. The first-order valence-electron chi connectivity index (χ1n) is 10.5. The number of anilines is 1. The van der Waals surface area contributed by atoms with E-state index in [9.17, 15) is 12.8 Å². The molecule has 5 rings (SSSR count). The smallest absolute Gasteiger partial charge is 0.248 e. The van der Waals surface area contributed by atoms with E-state index in [4.69, 9.17) is 4.52 Å². The number of sulfonamides is 1. The molecule has 1 saturated heterocycles. The molecule has 4 aromatic rings. The third-order valence-corrected chi connectivity index (χ3v) is 7.85. The van der Waals surface area contributed by atoms with E-state index in [1.165, 1.54) is 14.9 Å². The maximum atomic E-state index is 14.3. The molecule has 3 aromatic heterocycles. The van der Waals surface area contributed by atoms with Gasteiger partial charge in [0.2, 0.25) is 10.0 Å². The molecule has 0 atom stereocenters. The van der Waals surface area contributed by atoms with Crippen molar-refractivity contribution in [2.45, 2.75) is 25.2 Å². The molecule has 1 fully saturated rings. The van der Waals surface area contributed by atoms with Crippen LogP contribution in [0.5, 0.6) is 0 Å². The fraction of sp³-hybridized carbons (Fsp3) is 0.333. The van der Waals surface area contributed by atoms with Crippen LogP contribution in [-0.2, 0) is 10.0 Å². The maximum absolute atomic E-state index is 14.3. The summed E-state index contributed by atoms with van der Waals surface area (Å²) < 4.78 is 48.8. The van der Waals surface area contributed by atoms with Gasteiger partial charge in [0, 0.05) is 26.2 Å². The Kier molecular flexibility index (Phi) is 5.33. The Morgan fingerprint density at radius 2 is 1.82 bits per heavy atom. The molecule has 0 radical (unpaired) electrons. The van der Waals surface area contributed by atoms with E-state index in [0.717, 1.165) is 0 Å². The first kappa shape index (κ1) is 21.5. The van der Waals surface area contributed by atoms with Crippen LogP contribution in [0, 0.1) is 19.7 Å². The van der Waals surface area contributed by atoms with Crippen molar-refractivity contribution in [2.75, 3.05) is 31.1 Å². The van der Waals surface area contributed by atoms with Gasteiger partial charge in [-0.1, -0.05) is 17.3 Å². The molecule has 0 N–H and O–H groups in total. The van der Waals surface area contributed by atoms with E-state index >= 15 is 0 Å². The molecular weight excluding hydrogens is 449 g/mol. The van der Waals surface area contributed by atoms with Crippen LogP contribution in [0.2, 0.25) is 0 Å². The van der Waals surface area contributed by atoms with Gasteiger partial charge in [-0.3, -0.25) is 0 Å². The van der Waals surface area contributed by atoms with Gasteiger partial charge in [-0.2, -0.15) is 8.82 Å². The van der Waals surface area contributed by atoms with Crippen LogP contribution in [0.15, 0.2) is 45.8 Å². The Bertz CT molecular complexity index is 1410. The summed E-state index contributed by atoms with van der Waals surface area (Å²) in [5.74, 6) is 0.821. The second kappa shape index (κ2) is 8.19. The van der Waals surface area contributed by atoms with Crippen LogP contribution in [0.3, 0.4) is 0 Å². The zero-order chi connectivity index (χ0) is 23.2. The summed E-state index contributed by atoms with van der Waals surface area (Å²) in [6.45, 7) is 4.94. The molecule has 0 unspecified atom stereocenters. The molecule has 1 aromatic carbocycles. The first-order valence-corrected chi connectivity index (χ1v) is 12.0. The van der Waals surface area contributed by atoms with Crippen molar-refractivity contribution in [3.05, 3.63) is 53.7 Å². The average molecular weight is 472 g/mol. The molecule has 4 heterocycles. The van der Waals surface area contributed by atoms with E-state index in [0.29, 0.717) is 54.6 Å². The number of rotatable bonds is 4. The molecule has 0 aliphatic carbocycles. The number of aryl methyl sites for hydroxylation is 2. The van der Waals surface area contributed by atoms with Crippen molar-refractivity contribution in [3.8, 4) is 11.4 Å². The van der Waals surface area contributed by atoms with E-state index in [1.807, 2.05) is 11.0 Å². The third-order valence-electron chi connectivity index (χ3n) is 5.71. The summed E-state index contributed by atoms with van der Waals surface area (Å²) in [6.07, 6.45) is 0.616. The SMILES string of the molecule is Cc1noc(C)c1S(=O)(=O)N1CCCN(c2ccc3nnc(-c4ccccc4F)n3n2)CC1. The quantitative estimate of drug-likeness (QED) is 0.446. The number of fused-ring (bicyclic) bond motifs is 1. The molecular formula is C21H22FN7O3S. The minimum absolute atomic E-state index is 0.134. The Balaban J connectivity index is 1.42. The lowest BCUT2D eigenvalue weighted by Gasteiger charge is -2.22. The summed E-state index contributed by atoms with van der Waals surface area (Å²) in [5.41, 5.74) is 1.16. The number of aromatic nitrogens is 5. The lowest BCUT2D eigenvalue weighted by Crippen LogP contribution is -2.36. The van der Waals surface area contributed by atoms with Crippen LogP contribution < -0.4 is 4.90 Å². The van der Waals surface area contributed by atoms with Crippen LogP contribution in [0.1, 0.15) is 17.9 Å². The van der Waals surface area contributed by atoms with Crippen LogP contribution >= 0.6 is 0 Å². The van der Waals surface area contributed by atoms with E-state index in [1.54, 1.807) is 38.1 Å². The summed E-state index contributed by atoms with van der Waals surface area (Å²) >= 11 is 0. The first-order chi connectivity index (χ1) is 15.9. The van der Waals surface area contributed by atoms with Crippen LogP contribution in [-0.4, -0.2) is 63.9 Å². The van der Waals surface area contributed by atoms with Crippen molar-refractivity contribution >= 4 is 21.5 Å². The second-order valence-electron chi connectivity index (χ2n) is 7.86. The largest absolute Gasteiger partial charge is 0.360 e. The molecule has 0 amide bonds. The summed E-state index contributed by atoms with van der Waals surface area (Å²) in [4.78, 5) is 2.14. The summed E-state index contributed by atoms with van der Waals surface area (Å²) in [7, 11) is -3.72. The zero-order valence-electron chi connectivity index (χ0n) is 18.1. The van der Waals surface area contributed by atoms with Crippen molar-refractivity contribution in [1.29, 1.82) is 0 Å². The topological polar surface area (TPSA) is 110 Å². The third kappa shape index (κ3) is 3.74. The highest BCUT2D eigenvalue weighted by Crippen LogP contribution is 2.26. The molecule has 1 aliphatic heterocycles. The lowest BCUT2D eigenvalue weighted by atomic mass is 10.2. The number of nitrogens with zero attached hydrogens (tertiary/aromatic N) is 7. The number of halogens is 1. The Morgan fingerprint density at radius 3 is 2.58 bits per heavy atom. The van der Waals surface area contributed by atoms with Gasteiger partial charge >= 0.3 is 0 Å². The Morgan fingerprint density at radius 1 is 1.00 bits per heavy atom. The van der Waals surface area contributed by atoms with E-state index in [2.05, 4.69) is 20.5 Å². The number of hydrogen-bond donors (Lipinski definition) is 0. The Hall–Kier alpha value is -3.38. The highest BCUT2D eigenvalue weighted by molar-refractivity contribution is 7.89. The standard InChI is InChI=1S/C21H22FN7O3S/c1-14-20(15(2)32-26-14)33(30,31)28-11-5-10-27(12-13-28)19-9-8-18-23-24-21(29(18)25-19)16-6-3-4-7-17(16)22/h3-4,6-9H,5,10-13H2,1-2H3. The van der Waals surface area contributed by atoms with Gasteiger partial charge in [0.25, 0.3) is 0 Å². The fourth-order valence-corrected chi connectivity index (χ4v) is 5.85. The van der Waals surface area contributed by atoms with Gasteiger partial charge in [0.05, 0.1) is 5.56 Å². The van der Waals surface area contributed by atoms with Crippen LogP contribution in [0.4, 0.5) is 10.2 Å². The van der Waals surface area contributed by atoms with Gasteiger partial charge in [-0.25, -0.2) is 12.8 Å². The molecule has 12 heteroatoms. The van der Waals surface area contributed by atoms with Gasteiger partial charge in [-0.05, 0) is 44.5 Å². The van der Waals surface area contributed by atoms with Gasteiger partial charge in [-0.15, -0.1) is 15.3 Å². The predicted molar refractivity (Wildman–Crippen MR) is 118 cm³/mol. The predicted octanol–water partition coefficient (Wildman–Crippen LogP) is 2.44. The van der Waals surface area contributed by atoms with E-state index < -0.39 is 15.8 Å². The van der Waals surface area contributed by atoms with Crippen molar-refractivity contribution in [1.82, 2.24) is 29.3 Å². The van der Waals surface area contributed by atoms with Crippen LogP contribution in [0.25, 0.3) is 17.0 Å². The molecule has 0 saturated carbocycles. The van der Waals surface area contributed by atoms with Crippen molar-refractivity contribution in [3.63, 3.8) is 0 Å². The van der Waals surface area contributed by atoms with Crippen molar-refractivity contribution < 1.29 is 17.3 Å². The number of hydrogen-bond acceptors (Lipinski definition) is 8. The Labute approximate surface area is 189 Å². The minimum Gasteiger partial charge on any atom is -0.360 e.